The maximum Gasteiger partial charge on any atom is 0.191 e. The van der Waals surface area contributed by atoms with E-state index in [1.807, 2.05) is 30.3 Å². The lowest BCUT2D eigenvalue weighted by Crippen LogP contribution is -2.08. The van der Waals surface area contributed by atoms with Crippen molar-refractivity contribution in [2.45, 2.75) is 18.1 Å². The van der Waals surface area contributed by atoms with Crippen LogP contribution in [-0.4, -0.2) is 38.4 Å². The van der Waals surface area contributed by atoms with E-state index in [1.165, 1.54) is 17.3 Å². The molecule has 0 amide bonds. The van der Waals surface area contributed by atoms with Gasteiger partial charge in [0, 0.05) is 30.1 Å². The third-order valence-corrected chi connectivity index (χ3v) is 5.83. The number of pyridine rings is 1. The predicted octanol–water partition coefficient (Wildman–Crippen LogP) is 4.57. The number of aromatic nitrogens is 4. The van der Waals surface area contributed by atoms with Crippen LogP contribution in [0.5, 0.6) is 5.75 Å². The van der Waals surface area contributed by atoms with Gasteiger partial charge in [-0.05, 0) is 48.4 Å². The maximum atomic E-state index is 12.7. The number of rotatable bonds is 9. The minimum absolute atomic E-state index is 0.0377. The molecule has 2 aromatic carbocycles. The lowest BCUT2D eigenvalue weighted by atomic mass is 10.1. The fourth-order valence-electron chi connectivity index (χ4n) is 3.19. The smallest absolute Gasteiger partial charge is 0.191 e. The lowest BCUT2D eigenvalue weighted by Gasteiger charge is -2.10. The van der Waals surface area contributed by atoms with E-state index in [2.05, 4.69) is 31.9 Å². The van der Waals surface area contributed by atoms with Crippen molar-refractivity contribution in [1.82, 2.24) is 19.7 Å². The van der Waals surface area contributed by atoms with Gasteiger partial charge in [-0.15, -0.1) is 10.2 Å². The number of carbonyl (C=O) groups is 1. The van der Waals surface area contributed by atoms with Crippen LogP contribution in [0.25, 0.3) is 11.4 Å². The average molecular weight is 431 g/mol. The predicted molar refractivity (Wildman–Crippen MR) is 121 cm³/mol. The summed E-state index contributed by atoms with van der Waals surface area (Å²) in [5.74, 6) is 1.83. The van der Waals surface area contributed by atoms with Crippen molar-refractivity contribution in [3.63, 3.8) is 0 Å². The molecule has 0 aliphatic rings. The third kappa shape index (κ3) is 5.19. The zero-order valence-electron chi connectivity index (χ0n) is 17.1. The van der Waals surface area contributed by atoms with Gasteiger partial charge < -0.3 is 9.30 Å². The van der Waals surface area contributed by atoms with Gasteiger partial charge in [-0.1, -0.05) is 42.1 Å². The van der Waals surface area contributed by atoms with Crippen LogP contribution in [0, 0.1) is 0 Å². The molecule has 4 aromatic rings. The molecule has 31 heavy (non-hydrogen) atoms. The molecule has 0 N–H and O–H groups in total. The number of aryl methyl sites for hydroxylation is 1. The minimum atomic E-state index is 0.0377. The van der Waals surface area contributed by atoms with Gasteiger partial charge in [0.15, 0.2) is 16.8 Å². The van der Waals surface area contributed by atoms with Crippen molar-refractivity contribution >= 4 is 17.5 Å². The molecule has 0 aliphatic carbocycles. The van der Waals surface area contributed by atoms with Crippen molar-refractivity contribution in [3.05, 3.63) is 90.3 Å². The Bertz CT molecular complexity index is 1130. The van der Waals surface area contributed by atoms with Crippen molar-refractivity contribution in [2.24, 2.45) is 0 Å². The fourth-order valence-corrected chi connectivity index (χ4v) is 4.05. The summed E-state index contributed by atoms with van der Waals surface area (Å²) in [6, 6.07) is 21.3. The van der Waals surface area contributed by atoms with Gasteiger partial charge in [0.1, 0.15) is 5.75 Å². The second kappa shape index (κ2) is 10.0. The molecule has 7 heteroatoms. The zero-order chi connectivity index (χ0) is 21.5. The van der Waals surface area contributed by atoms with Crippen molar-refractivity contribution in [1.29, 1.82) is 0 Å². The molecule has 2 aromatic heterocycles. The van der Waals surface area contributed by atoms with E-state index in [-0.39, 0.29) is 11.5 Å². The first kappa shape index (κ1) is 20.8. The average Bonchev–Trinajstić information content (AvgIpc) is 3.25. The largest absolute Gasteiger partial charge is 0.497 e. The molecule has 156 valence electrons. The van der Waals surface area contributed by atoms with E-state index < -0.39 is 0 Å². The Morgan fingerprint density at radius 1 is 0.968 bits per heavy atom. The number of nitrogens with zero attached hydrogens (tertiary/aromatic N) is 4. The Balaban J connectivity index is 1.53. The molecular weight excluding hydrogens is 408 g/mol. The van der Waals surface area contributed by atoms with Crippen LogP contribution in [0.4, 0.5) is 0 Å². The van der Waals surface area contributed by atoms with Gasteiger partial charge in [-0.25, -0.2) is 0 Å². The summed E-state index contributed by atoms with van der Waals surface area (Å²) in [7, 11) is 1.61. The van der Waals surface area contributed by atoms with Crippen LogP contribution >= 0.6 is 11.8 Å². The molecular formula is C24H22N4O2S. The first-order valence-electron chi connectivity index (χ1n) is 9.92. The topological polar surface area (TPSA) is 69.9 Å². The van der Waals surface area contributed by atoms with Gasteiger partial charge in [-0.3, -0.25) is 9.78 Å². The number of thioether (sulfide) groups is 1. The van der Waals surface area contributed by atoms with Gasteiger partial charge >= 0.3 is 0 Å². The number of carbonyl (C=O) groups excluding carboxylic acids is 1. The van der Waals surface area contributed by atoms with E-state index in [4.69, 9.17) is 4.74 Å². The Labute approximate surface area is 185 Å². The number of benzene rings is 2. The van der Waals surface area contributed by atoms with E-state index in [9.17, 15) is 4.79 Å². The summed E-state index contributed by atoms with van der Waals surface area (Å²) < 4.78 is 7.24. The second-order valence-electron chi connectivity index (χ2n) is 6.87. The molecule has 0 saturated carbocycles. The summed E-state index contributed by atoms with van der Waals surface area (Å²) in [4.78, 5) is 16.7. The highest BCUT2D eigenvalue weighted by molar-refractivity contribution is 7.99. The first-order valence-corrected chi connectivity index (χ1v) is 10.9. The number of Topliss-reactive ketones (excluding diaryl/α,β-unsaturated/α-hetero) is 1. The molecule has 2 heterocycles. The van der Waals surface area contributed by atoms with Crippen LogP contribution in [0.3, 0.4) is 0 Å². The molecule has 0 fully saturated rings. The first-order chi connectivity index (χ1) is 15.2. The molecule has 0 unspecified atom stereocenters. The summed E-state index contributed by atoms with van der Waals surface area (Å²) in [6.45, 7) is 0.716. The highest BCUT2D eigenvalue weighted by Gasteiger charge is 2.16. The summed E-state index contributed by atoms with van der Waals surface area (Å²) in [6.07, 6.45) is 4.33. The molecule has 6 nitrogen and oxygen atoms in total. The zero-order valence-corrected chi connectivity index (χ0v) is 18.0. The molecule has 0 bridgehead atoms. The van der Waals surface area contributed by atoms with Gasteiger partial charge in [0.05, 0.1) is 12.9 Å². The SMILES string of the molecule is COc1ccc(C(=O)CSc2nnc(-c3ccncc3)n2CCc2ccccc2)cc1. The van der Waals surface area contributed by atoms with Crippen molar-refractivity contribution in [3.8, 4) is 17.1 Å². The van der Waals surface area contributed by atoms with Gasteiger partial charge in [0.25, 0.3) is 0 Å². The monoisotopic (exact) mass is 430 g/mol. The number of ketones is 1. The molecule has 0 saturated heterocycles. The van der Waals surface area contributed by atoms with Crippen LogP contribution < -0.4 is 4.74 Å². The normalized spacial score (nSPS) is 10.7. The van der Waals surface area contributed by atoms with Crippen LogP contribution in [-0.2, 0) is 13.0 Å². The van der Waals surface area contributed by atoms with E-state index >= 15 is 0 Å². The van der Waals surface area contributed by atoms with Crippen molar-refractivity contribution in [2.75, 3.05) is 12.9 Å². The van der Waals surface area contributed by atoms with Gasteiger partial charge in [-0.2, -0.15) is 0 Å². The Morgan fingerprint density at radius 2 is 1.71 bits per heavy atom. The summed E-state index contributed by atoms with van der Waals surface area (Å²) in [5.41, 5.74) is 2.84. The fraction of sp³-hybridized carbons (Fsp3) is 0.167. The molecule has 0 aliphatic heterocycles. The second-order valence-corrected chi connectivity index (χ2v) is 7.81. The van der Waals surface area contributed by atoms with E-state index in [0.29, 0.717) is 12.1 Å². The quantitative estimate of drug-likeness (QED) is 0.286. The Morgan fingerprint density at radius 3 is 2.42 bits per heavy atom. The van der Waals surface area contributed by atoms with E-state index in [0.717, 1.165) is 28.7 Å². The third-order valence-electron chi connectivity index (χ3n) is 4.87. The minimum Gasteiger partial charge on any atom is -0.497 e. The number of hydrogen-bond donors (Lipinski definition) is 0. The number of hydrogen-bond acceptors (Lipinski definition) is 6. The van der Waals surface area contributed by atoms with Crippen LogP contribution in [0.15, 0.2) is 84.3 Å². The molecule has 0 spiro atoms. The van der Waals surface area contributed by atoms with Crippen molar-refractivity contribution < 1.29 is 9.53 Å². The molecule has 0 radical (unpaired) electrons. The van der Waals surface area contributed by atoms with Gasteiger partial charge in [0.2, 0.25) is 0 Å². The van der Waals surface area contributed by atoms with E-state index in [1.54, 1.807) is 43.8 Å². The Hall–Kier alpha value is -3.45. The Kier molecular flexibility index (Phi) is 6.74. The lowest BCUT2D eigenvalue weighted by molar-refractivity contribution is 0.102. The molecule has 0 atom stereocenters. The highest BCUT2D eigenvalue weighted by atomic mass is 32.2. The highest BCUT2D eigenvalue weighted by Crippen LogP contribution is 2.25. The number of methoxy groups -OCH3 is 1. The van der Waals surface area contributed by atoms with Crippen LogP contribution in [0.1, 0.15) is 15.9 Å². The standard InChI is InChI=1S/C24H22N4O2S/c1-30-21-9-7-19(8-10-21)22(29)17-31-24-27-26-23(20-11-14-25-15-12-20)28(24)16-13-18-5-3-2-4-6-18/h2-12,14-15H,13,16-17H2,1H3. The maximum absolute atomic E-state index is 12.7. The summed E-state index contributed by atoms with van der Waals surface area (Å²) in [5, 5.41) is 9.52. The summed E-state index contributed by atoms with van der Waals surface area (Å²) >= 11 is 1.40. The number of ether oxygens (including phenoxy) is 1. The van der Waals surface area contributed by atoms with Crippen LogP contribution in [0.2, 0.25) is 0 Å². The molecule has 4 rings (SSSR count).